The van der Waals surface area contributed by atoms with Gasteiger partial charge in [-0.25, -0.2) is 0 Å². The van der Waals surface area contributed by atoms with Crippen molar-refractivity contribution in [2.75, 3.05) is 4.90 Å². The maximum absolute atomic E-state index is 2.45. The predicted molar refractivity (Wildman–Crippen MR) is 245 cm³/mol. The highest BCUT2D eigenvalue weighted by atomic mass is 15.1. The number of nitrogens with zero attached hydrogens (tertiary/aromatic N) is 1. The summed E-state index contributed by atoms with van der Waals surface area (Å²) < 4.78 is 0. The first-order valence-electron chi connectivity index (χ1n) is 19.7. The molecule has 0 atom stereocenters. The van der Waals surface area contributed by atoms with Crippen molar-refractivity contribution in [1.82, 2.24) is 0 Å². The smallest absolute Gasteiger partial charge is 0.0540 e. The van der Waals surface area contributed by atoms with E-state index in [2.05, 4.69) is 229 Å². The molecule has 11 aromatic rings. The molecule has 0 fully saturated rings. The van der Waals surface area contributed by atoms with Crippen LogP contribution in [0.5, 0.6) is 0 Å². The van der Waals surface area contributed by atoms with Crippen LogP contribution < -0.4 is 4.90 Å². The third kappa shape index (κ3) is 5.63. The average molecular weight is 724 g/mol. The van der Waals surface area contributed by atoms with Crippen molar-refractivity contribution >= 4 is 70.9 Å². The summed E-state index contributed by atoms with van der Waals surface area (Å²) in [5.74, 6) is 0. The number of hydrogen-bond acceptors (Lipinski definition) is 1. The Bertz CT molecular complexity index is 3240. The number of anilines is 3. The zero-order chi connectivity index (χ0) is 37.7. The fourth-order valence-electron chi connectivity index (χ4n) is 8.94. The van der Waals surface area contributed by atoms with E-state index in [1.807, 2.05) is 0 Å². The number of hydrogen-bond donors (Lipinski definition) is 0. The second-order valence-corrected chi connectivity index (χ2v) is 14.9. The van der Waals surface area contributed by atoms with Gasteiger partial charge in [0.05, 0.1) is 5.69 Å². The van der Waals surface area contributed by atoms with E-state index in [0.29, 0.717) is 0 Å². The van der Waals surface area contributed by atoms with Crippen LogP contribution in [0.3, 0.4) is 0 Å². The summed E-state index contributed by atoms with van der Waals surface area (Å²) in [6.07, 6.45) is 0. The monoisotopic (exact) mass is 723 g/mol. The van der Waals surface area contributed by atoms with Gasteiger partial charge >= 0.3 is 0 Å². The quantitative estimate of drug-likeness (QED) is 0.154. The van der Waals surface area contributed by atoms with Crippen molar-refractivity contribution in [2.45, 2.75) is 0 Å². The van der Waals surface area contributed by atoms with E-state index in [4.69, 9.17) is 0 Å². The van der Waals surface area contributed by atoms with Gasteiger partial charge in [0.15, 0.2) is 0 Å². The molecule has 0 saturated carbocycles. The van der Waals surface area contributed by atoms with Crippen LogP contribution in [0.2, 0.25) is 0 Å². The van der Waals surface area contributed by atoms with Crippen LogP contribution in [0.1, 0.15) is 0 Å². The molecule has 11 rings (SSSR count). The highest BCUT2D eigenvalue weighted by Crippen LogP contribution is 2.46. The molecular weight excluding hydrogens is 687 g/mol. The third-order valence-corrected chi connectivity index (χ3v) is 11.6. The molecule has 1 heteroatoms. The van der Waals surface area contributed by atoms with Crippen LogP contribution in [-0.4, -0.2) is 0 Å². The minimum Gasteiger partial charge on any atom is -0.310 e. The average Bonchev–Trinajstić information content (AvgIpc) is 3.30. The minimum absolute atomic E-state index is 1.10. The summed E-state index contributed by atoms with van der Waals surface area (Å²) in [6.45, 7) is 0. The zero-order valence-corrected chi connectivity index (χ0v) is 31.3. The van der Waals surface area contributed by atoms with Gasteiger partial charge in [-0.2, -0.15) is 0 Å². The molecule has 0 aliphatic carbocycles. The van der Waals surface area contributed by atoms with Gasteiger partial charge in [0.2, 0.25) is 0 Å². The van der Waals surface area contributed by atoms with Gasteiger partial charge in [-0.3, -0.25) is 0 Å². The first kappa shape index (κ1) is 32.9. The highest BCUT2D eigenvalue weighted by Gasteiger charge is 2.21. The van der Waals surface area contributed by atoms with E-state index in [9.17, 15) is 0 Å². The van der Waals surface area contributed by atoms with Crippen molar-refractivity contribution in [2.24, 2.45) is 0 Å². The molecule has 0 unspecified atom stereocenters. The molecule has 0 aliphatic rings. The lowest BCUT2D eigenvalue weighted by Crippen LogP contribution is -2.11. The molecule has 0 radical (unpaired) electrons. The van der Waals surface area contributed by atoms with E-state index in [1.54, 1.807) is 0 Å². The lowest BCUT2D eigenvalue weighted by Gasteiger charge is -2.29. The molecule has 266 valence electrons. The van der Waals surface area contributed by atoms with Crippen LogP contribution in [0.15, 0.2) is 224 Å². The molecule has 0 bridgehead atoms. The van der Waals surface area contributed by atoms with Gasteiger partial charge in [-0.15, -0.1) is 0 Å². The molecule has 0 aliphatic heterocycles. The van der Waals surface area contributed by atoms with Gasteiger partial charge < -0.3 is 4.90 Å². The molecule has 57 heavy (non-hydrogen) atoms. The van der Waals surface area contributed by atoms with Gasteiger partial charge in [0.1, 0.15) is 0 Å². The topological polar surface area (TPSA) is 3.24 Å². The molecule has 1 nitrogen and oxygen atoms in total. The van der Waals surface area contributed by atoms with Crippen molar-refractivity contribution in [3.05, 3.63) is 224 Å². The molecule has 0 spiro atoms. The highest BCUT2D eigenvalue weighted by molar-refractivity contribution is 6.26. The van der Waals surface area contributed by atoms with Gasteiger partial charge in [-0.1, -0.05) is 182 Å². The van der Waals surface area contributed by atoms with Gasteiger partial charge in [0.25, 0.3) is 0 Å². The Morgan fingerprint density at radius 2 is 0.684 bits per heavy atom. The zero-order valence-electron chi connectivity index (χ0n) is 31.3. The Hall–Kier alpha value is -7.48. The standard InChI is InChI=1S/C56H37N/c1-3-15-38(16-4-1)39-27-30-43(31-28-39)57(44-32-33-52-49-24-11-10-22-47(49)48-23-12-14-26-51(48)55(52)37-44)56-34-29-42(36-54(56)40-17-5-2-6-18-40)53-35-41-19-7-8-20-45(41)46-21-9-13-25-50(46)53/h1-37H. The summed E-state index contributed by atoms with van der Waals surface area (Å²) >= 11 is 0. The number of fused-ring (bicyclic) bond motifs is 9. The summed E-state index contributed by atoms with van der Waals surface area (Å²) in [6, 6.07) is 82.1. The molecule has 0 aromatic heterocycles. The number of benzene rings is 11. The normalized spacial score (nSPS) is 11.5. The summed E-state index contributed by atoms with van der Waals surface area (Å²) in [5, 5.41) is 12.6. The SMILES string of the molecule is c1ccc(-c2ccc(N(c3ccc4c5ccccc5c5ccccc5c4c3)c3ccc(-c4cc5ccccc5c5ccccc45)cc3-c3ccccc3)cc2)cc1. The summed E-state index contributed by atoms with van der Waals surface area (Å²) in [5.41, 5.74) is 10.5. The predicted octanol–water partition coefficient (Wildman–Crippen LogP) is 15.9. The lowest BCUT2D eigenvalue weighted by molar-refractivity contribution is 1.29. The van der Waals surface area contributed by atoms with Crippen LogP contribution in [0, 0.1) is 0 Å². The minimum atomic E-state index is 1.10. The van der Waals surface area contributed by atoms with E-state index >= 15 is 0 Å². The molecule has 0 N–H and O–H groups in total. The molecule has 0 heterocycles. The van der Waals surface area contributed by atoms with E-state index < -0.39 is 0 Å². The fourth-order valence-corrected chi connectivity index (χ4v) is 8.94. The molecule has 0 amide bonds. The van der Waals surface area contributed by atoms with E-state index in [1.165, 1.54) is 87.2 Å². The Morgan fingerprint density at radius 3 is 1.33 bits per heavy atom. The van der Waals surface area contributed by atoms with E-state index in [-0.39, 0.29) is 0 Å². The Balaban J connectivity index is 1.17. The fraction of sp³-hybridized carbons (Fsp3) is 0. The van der Waals surface area contributed by atoms with Gasteiger partial charge in [-0.05, 0) is 124 Å². The van der Waals surface area contributed by atoms with Crippen LogP contribution in [-0.2, 0) is 0 Å². The second kappa shape index (κ2) is 13.7. The van der Waals surface area contributed by atoms with Gasteiger partial charge in [0, 0.05) is 16.9 Å². The van der Waals surface area contributed by atoms with Crippen molar-refractivity contribution < 1.29 is 0 Å². The maximum atomic E-state index is 2.45. The number of rotatable bonds is 6. The molecule has 11 aromatic carbocycles. The van der Waals surface area contributed by atoms with E-state index in [0.717, 1.165) is 17.1 Å². The Kier molecular flexibility index (Phi) is 7.89. The second-order valence-electron chi connectivity index (χ2n) is 14.9. The Morgan fingerprint density at radius 1 is 0.228 bits per heavy atom. The van der Waals surface area contributed by atoms with Crippen LogP contribution in [0.25, 0.3) is 87.2 Å². The van der Waals surface area contributed by atoms with Crippen molar-refractivity contribution in [1.29, 1.82) is 0 Å². The van der Waals surface area contributed by atoms with Crippen molar-refractivity contribution in [3.63, 3.8) is 0 Å². The van der Waals surface area contributed by atoms with Crippen molar-refractivity contribution in [3.8, 4) is 33.4 Å². The maximum Gasteiger partial charge on any atom is 0.0540 e. The molecule has 0 saturated heterocycles. The summed E-state index contributed by atoms with van der Waals surface area (Å²) in [4.78, 5) is 2.45. The Labute approximate surface area is 332 Å². The first-order valence-corrected chi connectivity index (χ1v) is 19.7. The van der Waals surface area contributed by atoms with Crippen LogP contribution in [0.4, 0.5) is 17.1 Å². The first-order chi connectivity index (χ1) is 28.3. The summed E-state index contributed by atoms with van der Waals surface area (Å²) in [7, 11) is 0. The lowest BCUT2D eigenvalue weighted by atomic mass is 9.90. The van der Waals surface area contributed by atoms with Crippen LogP contribution >= 0.6 is 0 Å². The third-order valence-electron chi connectivity index (χ3n) is 11.6. The molecular formula is C56H37N. The largest absolute Gasteiger partial charge is 0.310 e.